The van der Waals surface area contributed by atoms with Gasteiger partial charge < -0.3 is 10.7 Å². The van der Waals surface area contributed by atoms with Crippen molar-refractivity contribution in [1.29, 1.82) is 0 Å². The van der Waals surface area contributed by atoms with Gasteiger partial charge in [-0.1, -0.05) is 36.4 Å². The molecular weight excluding hydrogens is 222 g/mol. The molecule has 3 aromatic rings. The number of benzene rings is 2. The second-order valence-electron chi connectivity index (χ2n) is 4.38. The first-order chi connectivity index (χ1) is 8.88. The summed E-state index contributed by atoms with van der Waals surface area (Å²) in [6.07, 6.45) is 1.72. The summed E-state index contributed by atoms with van der Waals surface area (Å²) in [5.74, 6) is 0.235. The fraction of sp³-hybridized carbons (Fsp3) is 0.133. The zero-order valence-electron chi connectivity index (χ0n) is 10.0. The molecule has 0 fully saturated rings. The number of nitrogens with zero attached hydrogens (tertiary/aromatic N) is 1. The predicted molar refractivity (Wildman–Crippen MR) is 73.4 cm³/mol. The van der Waals surface area contributed by atoms with Crippen LogP contribution in [0, 0.1) is 0 Å². The molecule has 3 heteroatoms. The van der Waals surface area contributed by atoms with E-state index in [-0.39, 0.29) is 5.92 Å². The van der Waals surface area contributed by atoms with Crippen molar-refractivity contribution >= 4 is 11.0 Å². The molecule has 0 bridgehead atoms. The summed E-state index contributed by atoms with van der Waals surface area (Å²) >= 11 is 0. The number of hydrogen-bond acceptors (Lipinski definition) is 2. The van der Waals surface area contributed by atoms with Gasteiger partial charge in [0.25, 0.3) is 0 Å². The van der Waals surface area contributed by atoms with Crippen molar-refractivity contribution < 1.29 is 0 Å². The van der Waals surface area contributed by atoms with Crippen LogP contribution in [0.1, 0.15) is 17.0 Å². The highest BCUT2D eigenvalue weighted by atomic mass is 14.9. The number of nitrogens with one attached hydrogen (secondary N) is 1. The second-order valence-corrected chi connectivity index (χ2v) is 4.38. The highest BCUT2D eigenvalue weighted by Gasteiger charge is 2.12. The Kier molecular flexibility index (Phi) is 2.82. The highest BCUT2D eigenvalue weighted by Crippen LogP contribution is 2.25. The van der Waals surface area contributed by atoms with Gasteiger partial charge in [0, 0.05) is 12.5 Å². The third-order valence-electron chi connectivity index (χ3n) is 3.28. The maximum absolute atomic E-state index is 5.93. The lowest BCUT2D eigenvalue weighted by molar-refractivity contribution is 0.820. The summed E-state index contributed by atoms with van der Waals surface area (Å²) in [7, 11) is 0. The molecule has 1 aromatic heterocycles. The Labute approximate surface area is 106 Å². The summed E-state index contributed by atoms with van der Waals surface area (Å²) in [6.45, 7) is 0.601. The Morgan fingerprint density at radius 1 is 1.06 bits per heavy atom. The highest BCUT2D eigenvalue weighted by molar-refractivity contribution is 5.75. The average Bonchev–Trinajstić information content (AvgIpc) is 2.88. The van der Waals surface area contributed by atoms with E-state index in [0.29, 0.717) is 6.54 Å². The monoisotopic (exact) mass is 237 g/mol. The van der Waals surface area contributed by atoms with Crippen molar-refractivity contribution in [1.82, 2.24) is 9.97 Å². The van der Waals surface area contributed by atoms with Gasteiger partial charge in [-0.15, -0.1) is 0 Å². The van der Waals surface area contributed by atoms with Gasteiger partial charge in [0.05, 0.1) is 17.4 Å². The number of rotatable bonds is 3. The molecule has 0 aliphatic carbocycles. The zero-order valence-corrected chi connectivity index (χ0v) is 10.0. The number of hydrogen-bond donors (Lipinski definition) is 2. The van der Waals surface area contributed by atoms with E-state index in [1.54, 1.807) is 6.33 Å². The molecule has 90 valence electrons. The van der Waals surface area contributed by atoms with Gasteiger partial charge in [0.2, 0.25) is 0 Å². The van der Waals surface area contributed by atoms with Crippen LogP contribution in [0.2, 0.25) is 0 Å². The first kappa shape index (κ1) is 11.0. The first-order valence-corrected chi connectivity index (χ1v) is 6.06. The number of aromatic nitrogens is 2. The molecule has 3 rings (SSSR count). The molecular formula is C15H15N3. The van der Waals surface area contributed by atoms with E-state index in [9.17, 15) is 0 Å². The lowest BCUT2D eigenvalue weighted by Gasteiger charge is -2.15. The van der Waals surface area contributed by atoms with Gasteiger partial charge in [-0.25, -0.2) is 4.98 Å². The minimum atomic E-state index is 0.235. The molecule has 3 nitrogen and oxygen atoms in total. The Hall–Kier alpha value is -2.13. The minimum Gasteiger partial charge on any atom is -0.345 e. The van der Waals surface area contributed by atoms with E-state index >= 15 is 0 Å². The summed E-state index contributed by atoms with van der Waals surface area (Å²) in [5.41, 5.74) is 10.4. The molecule has 0 amide bonds. The van der Waals surface area contributed by atoms with Crippen molar-refractivity contribution in [3.05, 3.63) is 66.0 Å². The molecule has 0 saturated carbocycles. The second kappa shape index (κ2) is 4.63. The fourth-order valence-corrected chi connectivity index (χ4v) is 2.32. The van der Waals surface area contributed by atoms with Crippen LogP contribution < -0.4 is 5.73 Å². The number of imidazole rings is 1. The van der Waals surface area contributed by atoms with Gasteiger partial charge in [-0.3, -0.25) is 0 Å². The topological polar surface area (TPSA) is 54.7 Å². The van der Waals surface area contributed by atoms with E-state index < -0.39 is 0 Å². The van der Waals surface area contributed by atoms with Crippen LogP contribution in [0.15, 0.2) is 54.9 Å². The molecule has 2 aromatic carbocycles. The van der Waals surface area contributed by atoms with Crippen molar-refractivity contribution in [2.45, 2.75) is 5.92 Å². The Balaban J connectivity index is 2.05. The van der Waals surface area contributed by atoms with Crippen LogP contribution in [-0.4, -0.2) is 16.5 Å². The van der Waals surface area contributed by atoms with E-state index in [4.69, 9.17) is 5.73 Å². The third-order valence-corrected chi connectivity index (χ3v) is 3.28. The van der Waals surface area contributed by atoms with Crippen molar-refractivity contribution in [3.63, 3.8) is 0 Å². The van der Waals surface area contributed by atoms with Gasteiger partial charge in [-0.2, -0.15) is 0 Å². The molecule has 1 unspecified atom stereocenters. The first-order valence-electron chi connectivity index (χ1n) is 6.06. The van der Waals surface area contributed by atoms with E-state index in [1.807, 2.05) is 24.3 Å². The number of nitrogens with two attached hydrogens (primary N) is 1. The van der Waals surface area contributed by atoms with Crippen molar-refractivity contribution in [3.8, 4) is 0 Å². The quantitative estimate of drug-likeness (QED) is 0.735. The third kappa shape index (κ3) is 1.89. The maximum Gasteiger partial charge on any atom is 0.0931 e. The summed E-state index contributed by atoms with van der Waals surface area (Å²) in [5, 5.41) is 0. The molecule has 0 saturated heterocycles. The maximum atomic E-state index is 5.93. The number of H-pyrrole nitrogens is 1. The van der Waals surface area contributed by atoms with Gasteiger partial charge in [0.15, 0.2) is 0 Å². The van der Waals surface area contributed by atoms with Gasteiger partial charge in [-0.05, 0) is 23.3 Å². The largest absolute Gasteiger partial charge is 0.345 e. The lowest BCUT2D eigenvalue weighted by atomic mass is 9.91. The minimum absolute atomic E-state index is 0.235. The smallest absolute Gasteiger partial charge is 0.0931 e. The standard InChI is InChI=1S/C15H15N3/c16-9-13(11-4-2-1-3-5-11)12-6-7-14-15(8-12)18-10-17-14/h1-8,10,13H,9,16H2,(H,17,18). The Bertz CT molecular complexity index is 643. The van der Waals surface area contributed by atoms with Crippen LogP contribution >= 0.6 is 0 Å². The van der Waals surface area contributed by atoms with Gasteiger partial charge in [0.1, 0.15) is 0 Å². The molecule has 0 radical (unpaired) electrons. The lowest BCUT2D eigenvalue weighted by Crippen LogP contribution is -2.13. The van der Waals surface area contributed by atoms with E-state index in [2.05, 4.69) is 34.2 Å². The molecule has 0 aliphatic rings. The molecule has 18 heavy (non-hydrogen) atoms. The molecule has 1 atom stereocenters. The van der Waals surface area contributed by atoms with Crippen molar-refractivity contribution in [2.24, 2.45) is 5.73 Å². The molecule has 1 heterocycles. The van der Waals surface area contributed by atoms with Crippen LogP contribution in [0.3, 0.4) is 0 Å². The number of fused-ring (bicyclic) bond motifs is 1. The van der Waals surface area contributed by atoms with E-state index in [1.165, 1.54) is 11.1 Å². The molecule has 0 aliphatic heterocycles. The summed E-state index contributed by atoms with van der Waals surface area (Å²) < 4.78 is 0. The van der Waals surface area contributed by atoms with Crippen molar-refractivity contribution in [2.75, 3.05) is 6.54 Å². The Morgan fingerprint density at radius 2 is 1.89 bits per heavy atom. The summed E-state index contributed by atoms with van der Waals surface area (Å²) in [6, 6.07) is 16.6. The van der Waals surface area contributed by atoms with Crippen LogP contribution in [0.5, 0.6) is 0 Å². The normalized spacial score (nSPS) is 12.7. The summed E-state index contributed by atoms with van der Waals surface area (Å²) in [4.78, 5) is 7.37. The van der Waals surface area contributed by atoms with Crippen LogP contribution in [0.25, 0.3) is 11.0 Å². The molecule has 0 spiro atoms. The SMILES string of the molecule is NCC(c1ccccc1)c1ccc2nc[nH]c2c1. The fourth-order valence-electron chi connectivity index (χ4n) is 2.32. The van der Waals surface area contributed by atoms with Crippen LogP contribution in [-0.2, 0) is 0 Å². The number of aromatic amines is 1. The predicted octanol–water partition coefficient (Wildman–Crippen LogP) is 2.65. The average molecular weight is 237 g/mol. The van der Waals surface area contributed by atoms with Gasteiger partial charge >= 0.3 is 0 Å². The Morgan fingerprint density at radius 3 is 2.67 bits per heavy atom. The van der Waals surface area contributed by atoms with E-state index in [0.717, 1.165) is 11.0 Å². The zero-order chi connectivity index (χ0) is 12.4. The molecule has 3 N–H and O–H groups in total. The van der Waals surface area contributed by atoms with Crippen LogP contribution in [0.4, 0.5) is 0 Å².